The van der Waals surface area contributed by atoms with Crippen LogP contribution >= 0.6 is 23.4 Å². The molecule has 18 heavy (non-hydrogen) atoms. The van der Waals surface area contributed by atoms with Gasteiger partial charge in [0, 0.05) is 7.05 Å². The van der Waals surface area contributed by atoms with Crippen molar-refractivity contribution in [2.45, 2.75) is 31.9 Å². The molecular formula is C12H17ClN4S. The molecule has 0 radical (unpaired) electrons. The van der Waals surface area contributed by atoms with Crippen LogP contribution < -0.4 is 0 Å². The van der Waals surface area contributed by atoms with Crippen LogP contribution in [0.5, 0.6) is 0 Å². The van der Waals surface area contributed by atoms with Gasteiger partial charge in [-0.15, -0.1) is 0 Å². The van der Waals surface area contributed by atoms with E-state index in [0.29, 0.717) is 5.15 Å². The molecule has 0 spiro atoms. The van der Waals surface area contributed by atoms with Gasteiger partial charge in [-0.05, 0) is 12.2 Å². The van der Waals surface area contributed by atoms with Crippen molar-refractivity contribution in [3.8, 4) is 0 Å². The molecule has 0 aliphatic carbocycles. The molecule has 0 aromatic carbocycles. The summed E-state index contributed by atoms with van der Waals surface area (Å²) in [5, 5.41) is 5.46. The number of halogens is 1. The maximum atomic E-state index is 6.12. The highest BCUT2D eigenvalue weighted by Crippen LogP contribution is 2.21. The Morgan fingerprint density at radius 2 is 2.17 bits per heavy atom. The minimum Gasteiger partial charge on any atom is -0.250 e. The van der Waals surface area contributed by atoms with Crippen molar-refractivity contribution in [2.24, 2.45) is 7.05 Å². The summed E-state index contributed by atoms with van der Waals surface area (Å²) in [5.41, 5.74) is 0.805. The number of hydrogen-bond acceptors (Lipinski definition) is 4. The van der Waals surface area contributed by atoms with Gasteiger partial charge in [-0.2, -0.15) is 16.9 Å². The maximum Gasteiger partial charge on any atom is 0.162 e. The molecule has 0 saturated carbocycles. The summed E-state index contributed by atoms with van der Waals surface area (Å²) < 4.78 is 1.73. The highest BCUT2D eigenvalue weighted by molar-refractivity contribution is 7.98. The normalized spacial score (nSPS) is 11.3. The molecule has 4 nitrogen and oxygen atoms in total. The number of aromatic nitrogens is 4. The second kappa shape index (κ2) is 6.38. The lowest BCUT2D eigenvalue weighted by molar-refractivity contribution is 0.777. The van der Waals surface area contributed by atoms with Crippen LogP contribution in [0.1, 0.15) is 32.0 Å². The Bertz CT molecular complexity index is 526. The van der Waals surface area contributed by atoms with Gasteiger partial charge < -0.3 is 0 Å². The number of fused-ring (bicyclic) bond motifs is 1. The quantitative estimate of drug-likeness (QED) is 0.602. The molecular weight excluding hydrogens is 268 g/mol. The van der Waals surface area contributed by atoms with Gasteiger partial charge in [-0.1, -0.05) is 31.4 Å². The number of rotatable bonds is 6. The maximum absolute atomic E-state index is 6.12. The van der Waals surface area contributed by atoms with Crippen LogP contribution in [0.3, 0.4) is 0 Å². The third kappa shape index (κ3) is 3.14. The summed E-state index contributed by atoms with van der Waals surface area (Å²) in [6.45, 7) is 2.21. The highest BCUT2D eigenvalue weighted by atomic mass is 35.5. The molecule has 0 aliphatic heterocycles. The molecule has 0 saturated heterocycles. The molecule has 0 bridgehead atoms. The van der Waals surface area contributed by atoms with Gasteiger partial charge in [0.25, 0.3) is 0 Å². The van der Waals surface area contributed by atoms with E-state index in [2.05, 4.69) is 22.0 Å². The van der Waals surface area contributed by atoms with Gasteiger partial charge in [-0.25, -0.2) is 9.97 Å². The summed E-state index contributed by atoms with van der Waals surface area (Å²) in [6.07, 6.45) is 5.50. The first-order valence-corrected chi connectivity index (χ1v) is 7.67. The van der Waals surface area contributed by atoms with Gasteiger partial charge in [0.15, 0.2) is 5.65 Å². The van der Waals surface area contributed by atoms with Crippen LogP contribution in [0.15, 0.2) is 6.20 Å². The monoisotopic (exact) mass is 284 g/mol. The van der Waals surface area contributed by atoms with E-state index in [1.807, 2.05) is 18.8 Å². The van der Waals surface area contributed by atoms with Crippen molar-refractivity contribution in [1.29, 1.82) is 0 Å². The van der Waals surface area contributed by atoms with Crippen molar-refractivity contribution in [3.05, 3.63) is 17.2 Å². The number of nitrogens with zero attached hydrogens (tertiary/aromatic N) is 4. The van der Waals surface area contributed by atoms with Crippen molar-refractivity contribution in [3.63, 3.8) is 0 Å². The van der Waals surface area contributed by atoms with Crippen molar-refractivity contribution in [1.82, 2.24) is 19.7 Å². The van der Waals surface area contributed by atoms with E-state index in [-0.39, 0.29) is 0 Å². The fourth-order valence-electron chi connectivity index (χ4n) is 1.71. The second-order valence-electron chi connectivity index (χ2n) is 4.20. The van der Waals surface area contributed by atoms with Crippen molar-refractivity contribution in [2.75, 3.05) is 5.75 Å². The Morgan fingerprint density at radius 1 is 1.33 bits per heavy atom. The average molecular weight is 285 g/mol. The van der Waals surface area contributed by atoms with Crippen LogP contribution in [-0.4, -0.2) is 25.5 Å². The van der Waals surface area contributed by atoms with Gasteiger partial charge in [-0.3, -0.25) is 4.68 Å². The van der Waals surface area contributed by atoms with Crippen LogP contribution in [0.2, 0.25) is 5.15 Å². The third-order valence-electron chi connectivity index (χ3n) is 2.72. The Kier molecular flexibility index (Phi) is 4.83. The van der Waals surface area contributed by atoms with E-state index in [4.69, 9.17) is 11.6 Å². The van der Waals surface area contributed by atoms with Gasteiger partial charge in [0.2, 0.25) is 0 Å². The first kappa shape index (κ1) is 13.6. The number of aryl methyl sites for hydroxylation is 1. The van der Waals surface area contributed by atoms with Crippen molar-refractivity contribution >= 4 is 34.4 Å². The van der Waals surface area contributed by atoms with E-state index in [1.165, 1.54) is 19.3 Å². The smallest absolute Gasteiger partial charge is 0.162 e. The predicted octanol–water partition coefficient (Wildman–Crippen LogP) is 3.44. The van der Waals surface area contributed by atoms with Crippen LogP contribution in [-0.2, 0) is 12.8 Å². The summed E-state index contributed by atoms with van der Waals surface area (Å²) in [4.78, 5) is 8.81. The van der Waals surface area contributed by atoms with Crippen LogP contribution in [0.4, 0.5) is 0 Å². The Labute approximate surface area is 116 Å². The molecule has 6 heteroatoms. The lowest BCUT2D eigenvalue weighted by atomic mass is 10.3. The molecule has 2 aromatic rings. The van der Waals surface area contributed by atoms with Crippen LogP contribution in [0, 0.1) is 0 Å². The summed E-state index contributed by atoms with van der Waals surface area (Å²) in [6, 6.07) is 0. The Morgan fingerprint density at radius 3 is 2.94 bits per heavy atom. The van der Waals surface area contributed by atoms with Gasteiger partial charge in [0.1, 0.15) is 11.0 Å². The highest BCUT2D eigenvalue weighted by Gasteiger charge is 2.09. The molecule has 2 heterocycles. The zero-order valence-electron chi connectivity index (χ0n) is 10.7. The topological polar surface area (TPSA) is 43.6 Å². The molecule has 2 rings (SSSR count). The number of thioether (sulfide) groups is 1. The molecule has 0 aliphatic rings. The zero-order chi connectivity index (χ0) is 13.0. The molecule has 0 amide bonds. The van der Waals surface area contributed by atoms with E-state index >= 15 is 0 Å². The van der Waals surface area contributed by atoms with Gasteiger partial charge >= 0.3 is 0 Å². The first-order chi connectivity index (χ1) is 8.72. The van der Waals surface area contributed by atoms with E-state index < -0.39 is 0 Å². The summed E-state index contributed by atoms with van der Waals surface area (Å²) in [7, 11) is 1.86. The largest absolute Gasteiger partial charge is 0.250 e. The summed E-state index contributed by atoms with van der Waals surface area (Å²) in [5.74, 6) is 2.75. The minimum atomic E-state index is 0.497. The molecule has 0 atom stereocenters. The Hall–Kier alpha value is -0.810. The van der Waals surface area contributed by atoms with Gasteiger partial charge in [0.05, 0.1) is 17.3 Å². The predicted molar refractivity (Wildman–Crippen MR) is 77.0 cm³/mol. The summed E-state index contributed by atoms with van der Waals surface area (Å²) >= 11 is 7.98. The standard InChI is InChI=1S/C12H17ClN4S/c1-3-4-5-6-18-8-10-15-11(13)9-7-14-17(2)12(9)16-10/h7H,3-6,8H2,1-2H3. The lowest BCUT2D eigenvalue weighted by Gasteiger charge is -2.02. The van der Waals surface area contributed by atoms with E-state index in [0.717, 1.165) is 28.4 Å². The fraction of sp³-hybridized carbons (Fsp3) is 0.583. The van der Waals surface area contributed by atoms with E-state index in [9.17, 15) is 0 Å². The van der Waals surface area contributed by atoms with E-state index in [1.54, 1.807) is 10.9 Å². The fourth-order valence-corrected chi connectivity index (χ4v) is 2.81. The number of hydrogen-bond donors (Lipinski definition) is 0. The number of unbranched alkanes of at least 4 members (excludes halogenated alkanes) is 2. The zero-order valence-corrected chi connectivity index (χ0v) is 12.3. The molecule has 0 unspecified atom stereocenters. The third-order valence-corrected chi connectivity index (χ3v) is 4.04. The SMILES string of the molecule is CCCCCSCc1nc(Cl)c2cnn(C)c2n1. The molecule has 0 N–H and O–H groups in total. The van der Waals surface area contributed by atoms with Crippen molar-refractivity contribution < 1.29 is 0 Å². The lowest BCUT2D eigenvalue weighted by Crippen LogP contribution is -1.98. The second-order valence-corrected chi connectivity index (χ2v) is 5.66. The molecule has 0 fully saturated rings. The molecule has 2 aromatic heterocycles. The van der Waals surface area contributed by atoms with Crippen LogP contribution in [0.25, 0.3) is 11.0 Å². The Balaban J connectivity index is 2.02. The minimum absolute atomic E-state index is 0.497. The first-order valence-electron chi connectivity index (χ1n) is 6.14. The average Bonchev–Trinajstić information content (AvgIpc) is 2.72. The molecule has 98 valence electrons.